The lowest BCUT2D eigenvalue weighted by molar-refractivity contribution is 0.0623. The zero-order valence-electron chi connectivity index (χ0n) is 18.1. The van der Waals surface area contributed by atoms with E-state index >= 15 is 0 Å². The zero-order chi connectivity index (χ0) is 21.8. The number of amides is 1. The van der Waals surface area contributed by atoms with Gasteiger partial charge in [0.15, 0.2) is 0 Å². The van der Waals surface area contributed by atoms with Gasteiger partial charge in [0, 0.05) is 38.3 Å². The summed E-state index contributed by atoms with van der Waals surface area (Å²) in [6, 6.07) is 15.0. The Morgan fingerprint density at radius 1 is 1.00 bits per heavy atom. The first-order valence-corrected chi connectivity index (χ1v) is 10.3. The molecule has 0 bridgehead atoms. The second-order valence-corrected chi connectivity index (χ2v) is 7.52. The molecule has 1 amide bonds. The van der Waals surface area contributed by atoms with E-state index in [4.69, 9.17) is 18.9 Å². The van der Waals surface area contributed by atoms with Crippen LogP contribution in [-0.2, 0) is 6.54 Å². The highest BCUT2D eigenvalue weighted by Gasteiger charge is 2.25. The van der Waals surface area contributed by atoms with Crippen molar-refractivity contribution in [2.45, 2.75) is 13.5 Å². The average Bonchev–Trinajstić information content (AvgIpc) is 3.19. The number of hydrogen-bond acceptors (Lipinski definition) is 6. The van der Waals surface area contributed by atoms with E-state index < -0.39 is 0 Å². The monoisotopic (exact) mass is 421 g/mol. The molecule has 0 saturated carbocycles. The molecule has 0 spiro atoms. The molecule has 2 heterocycles. The molecule has 1 aromatic heterocycles. The van der Waals surface area contributed by atoms with Gasteiger partial charge in [-0.15, -0.1) is 0 Å². The summed E-state index contributed by atoms with van der Waals surface area (Å²) < 4.78 is 16.4. The fourth-order valence-corrected chi connectivity index (χ4v) is 3.74. The van der Waals surface area contributed by atoms with Gasteiger partial charge in [-0.2, -0.15) is 0 Å². The molecule has 7 nitrogen and oxygen atoms in total. The first kappa shape index (κ1) is 20.9. The molecule has 0 aliphatic carbocycles. The second-order valence-electron chi connectivity index (χ2n) is 7.52. The number of methoxy groups -OCH3 is 2. The molecule has 1 aliphatic rings. The van der Waals surface area contributed by atoms with Crippen LogP contribution in [-0.4, -0.2) is 61.1 Å². The Hall–Kier alpha value is -3.32. The number of piperazine rings is 1. The second kappa shape index (κ2) is 9.22. The van der Waals surface area contributed by atoms with Crippen LogP contribution in [0.1, 0.15) is 21.8 Å². The van der Waals surface area contributed by atoms with Crippen molar-refractivity contribution < 1.29 is 18.7 Å². The number of aromatic nitrogens is 1. The van der Waals surface area contributed by atoms with Gasteiger partial charge in [-0.25, -0.2) is 4.98 Å². The van der Waals surface area contributed by atoms with Crippen LogP contribution < -0.4 is 9.47 Å². The standard InChI is InChI=1S/C24H27N3O4/c1-17-21(25-23(31-17)18-8-10-19(29-2)11-9-18)16-26-12-14-27(15-13-26)24(28)20-6-4-5-7-22(20)30-3/h4-11H,12-16H2,1-3H3. The average molecular weight is 421 g/mol. The number of aryl methyl sites for hydroxylation is 1. The number of carbonyl (C=O) groups is 1. The molecule has 7 heteroatoms. The third kappa shape index (κ3) is 4.56. The highest BCUT2D eigenvalue weighted by molar-refractivity contribution is 5.97. The van der Waals surface area contributed by atoms with E-state index in [0.717, 1.165) is 35.9 Å². The van der Waals surface area contributed by atoms with Gasteiger partial charge >= 0.3 is 0 Å². The number of oxazole rings is 1. The first-order valence-electron chi connectivity index (χ1n) is 10.3. The Kier molecular flexibility index (Phi) is 6.23. The first-order chi connectivity index (χ1) is 15.1. The van der Waals surface area contributed by atoms with E-state index in [2.05, 4.69) is 4.90 Å². The summed E-state index contributed by atoms with van der Waals surface area (Å²) in [5.74, 6) is 2.85. The maximum atomic E-state index is 12.9. The molecule has 0 radical (unpaired) electrons. The van der Waals surface area contributed by atoms with Gasteiger partial charge in [-0.1, -0.05) is 12.1 Å². The highest BCUT2D eigenvalue weighted by atomic mass is 16.5. The number of carbonyl (C=O) groups excluding carboxylic acids is 1. The van der Waals surface area contributed by atoms with Crippen molar-refractivity contribution >= 4 is 5.91 Å². The van der Waals surface area contributed by atoms with Gasteiger partial charge in [0.1, 0.15) is 17.3 Å². The minimum atomic E-state index is 0.0107. The molecule has 1 fully saturated rings. The van der Waals surface area contributed by atoms with Crippen LogP contribution in [0.5, 0.6) is 11.5 Å². The molecule has 2 aromatic carbocycles. The topological polar surface area (TPSA) is 68.0 Å². The van der Waals surface area contributed by atoms with Crippen LogP contribution in [0, 0.1) is 6.92 Å². The van der Waals surface area contributed by atoms with E-state index in [1.165, 1.54) is 0 Å². The van der Waals surface area contributed by atoms with Crippen LogP contribution in [0.25, 0.3) is 11.5 Å². The number of rotatable bonds is 6. The molecule has 0 atom stereocenters. The lowest BCUT2D eigenvalue weighted by Gasteiger charge is -2.34. The zero-order valence-corrected chi connectivity index (χ0v) is 18.1. The smallest absolute Gasteiger partial charge is 0.257 e. The highest BCUT2D eigenvalue weighted by Crippen LogP contribution is 2.25. The third-order valence-corrected chi connectivity index (χ3v) is 5.60. The molecule has 1 saturated heterocycles. The third-order valence-electron chi connectivity index (χ3n) is 5.60. The Morgan fingerprint density at radius 2 is 1.71 bits per heavy atom. The number of hydrogen-bond donors (Lipinski definition) is 0. The van der Waals surface area contributed by atoms with Gasteiger partial charge in [-0.3, -0.25) is 9.69 Å². The summed E-state index contributed by atoms with van der Waals surface area (Å²) in [7, 11) is 3.23. The predicted octanol–water partition coefficient (Wildman–Crippen LogP) is 3.63. The minimum absolute atomic E-state index is 0.0107. The number of ether oxygens (including phenoxy) is 2. The van der Waals surface area contributed by atoms with E-state index in [9.17, 15) is 4.79 Å². The molecular weight excluding hydrogens is 394 g/mol. The van der Waals surface area contributed by atoms with E-state index in [1.807, 2.05) is 60.4 Å². The fourth-order valence-electron chi connectivity index (χ4n) is 3.74. The summed E-state index contributed by atoms with van der Waals surface area (Å²) in [4.78, 5) is 21.8. The molecule has 3 aromatic rings. The fraction of sp³-hybridized carbons (Fsp3) is 0.333. The molecular formula is C24H27N3O4. The Morgan fingerprint density at radius 3 is 2.39 bits per heavy atom. The van der Waals surface area contributed by atoms with Crippen molar-refractivity contribution in [3.63, 3.8) is 0 Å². The minimum Gasteiger partial charge on any atom is -0.497 e. The number of para-hydroxylation sites is 1. The van der Waals surface area contributed by atoms with Crippen LogP contribution >= 0.6 is 0 Å². The van der Waals surface area contributed by atoms with E-state index in [-0.39, 0.29) is 5.91 Å². The van der Waals surface area contributed by atoms with Crippen molar-refractivity contribution in [1.29, 1.82) is 0 Å². The molecule has 0 unspecified atom stereocenters. The summed E-state index contributed by atoms with van der Waals surface area (Å²) in [5, 5.41) is 0. The molecule has 31 heavy (non-hydrogen) atoms. The Balaban J connectivity index is 1.38. The Labute approximate surface area is 182 Å². The molecule has 1 aliphatic heterocycles. The van der Waals surface area contributed by atoms with E-state index in [1.54, 1.807) is 14.2 Å². The van der Waals surface area contributed by atoms with Crippen molar-refractivity contribution in [1.82, 2.24) is 14.8 Å². The largest absolute Gasteiger partial charge is 0.497 e. The molecule has 162 valence electrons. The number of benzene rings is 2. The lowest BCUT2D eigenvalue weighted by atomic mass is 10.1. The summed E-state index contributed by atoms with van der Waals surface area (Å²) in [5.41, 5.74) is 2.45. The van der Waals surface area contributed by atoms with Crippen LogP contribution in [0.15, 0.2) is 52.9 Å². The Bertz CT molecular complexity index is 1040. The lowest BCUT2D eigenvalue weighted by Crippen LogP contribution is -2.48. The van der Waals surface area contributed by atoms with Gasteiger partial charge in [0.2, 0.25) is 5.89 Å². The number of nitrogens with zero attached hydrogens (tertiary/aromatic N) is 3. The quantitative estimate of drug-likeness (QED) is 0.606. The van der Waals surface area contributed by atoms with Crippen molar-refractivity contribution in [2.24, 2.45) is 0 Å². The van der Waals surface area contributed by atoms with Gasteiger partial charge < -0.3 is 18.8 Å². The summed E-state index contributed by atoms with van der Waals surface area (Å²) >= 11 is 0. The van der Waals surface area contributed by atoms with Crippen LogP contribution in [0.4, 0.5) is 0 Å². The van der Waals surface area contributed by atoms with Crippen LogP contribution in [0.3, 0.4) is 0 Å². The van der Waals surface area contributed by atoms with Crippen LogP contribution in [0.2, 0.25) is 0 Å². The van der Waals surface area contributed by atoms with Gasteiger partial charge in [0.25, 0.3) is 5.91 Å². The normalized spacial score (nSPS) is 14.5. The van der Waals surface area contributed by atoms with Gasteiger partial charge in [0.05, 0.1) is 25.5 Å². The molecule has 4 rings (SSSR count). The van der Waals surface area contributed by atoms with Crippen molar-refractivity contribution in [2.75, 3.05) is 40.4 Å². The van der Waals surface area contributed by atoms with Crippen molar-refractivity contribution in [3.05, 3.63) is 65.5 Å². The van der Waals surface area contributed by atoms with E-state index in [0.29, 0.717) is 36.8 Å². The summed E-state index contributed by atoms with van der Waals surface area (Å²) in [6.07, 6.45) is 0. The molecule has 0 N–H and O–H groups in total. The van der Waals surface area contributed by atoms with Gasteiger partial charge in [-0.05, 0) is 43.3 Å². The summed E-state index contributed by atoms with van der Waals surface area (Å²) in [6.45, 7) is 5.54. The van der Waals surface area contributed by atoms with Crippen molar-refractivity contribution in [3.8, 4) is 23.0 Å². The SMILES string of the molecule is COc1ccc(-c2nc(CN3CCN(C(=O)c4ccccc4OC)CC3)c(C)o2)cc1. The maximum Gasteiger partial charge on any atom is 0.257 e. The predicted molar refractivity (Wildman–Crippen MR) is 117 cm³/mol. The maximum absolute atomic E-state index is 12.9.